The van der Waals surface area contributed by atoms with Crippen molar-refractivity contribution < 1.29 is 22.6 Å². The van der Waals surface area contributed by atoms with Crippen molar-refractivity contribution >= 4 is 17.3 Å². The van der Waals surface area contributed by atoms with Crippen LogP contribution in [0.1, 0.15) is 5.56 Å². The molecule has 1 aliphatic heterocycles. The maximum atomic E-state index is 14.4. The standard InChI is InChI=1S/C16H16F3N5O2/c1-25-12-5-21-8-22-14(12)23-9-2-3-11(17)10(4-9)16(15(18)19)7-26-6-13(20)24-16/h2-5,8,15H,6-7H2,1H3,(H2,20,24)(H,21,22,23). The lowest BCUT2D eigenvalue weighted by molar-refractivity contribution is -0.0145. The summed E-state index contributed by atoms with van der Waals surface area (Å²) in [5, 5.41) is 2.89. The summed E-state index contributed by atoms with van der Waals surface area (Å²) in [6.07, 6.45) is -0.296. The Kier molecular flexibility index (Phi) is 4.94. The molecule has 0 saturated heterocycles. The van der Waals surface area contributed by atoms with E-state index in [1.165, 1.54) is 31.8 Å². The molecular formula is C16H16F3N5O2. The van der Waals surface area contributed by atoms with Crippen LogP contribution in [0.25, 0.3) is 0 Å². The molecular weight excluding hydrogens is 351 g/mol. The Morgan fingerprint density at radius 1 is 1.38 bits per heavy atom. The van der Waals surface area contributed by atoms with Gasteiger partial charge in [0.05, 0.1) is 19.9 Å². The third-order valence-electron chi connectivity index (χ3n) is 3.87. The molecule has 2 heterocycles. The molecule has 1 unspecified atom stereocenters. The highest BCUT2D eigenvalue weighted by atomic mass is 19.3. The van der Waals surface area contributed by atoms with Gasteiger partial charge in [-0.05, 0) is 18.2 Å². The van der Waals surface area contributed by atoms with Crippen molar-refractivity contribution in [2.24, 2.45) is 10.7 Å². The number of rotatable bonds is 5. The Balaban J connectivity index is 2.03. The highest BCUT2D eigenvalue weighted by molar-refractivity contribution is 5.82. The van der Waals surface area contributed by atoms with Crippen molar-refractivity contribution in [2.75, 3.05) is 25.6 Å². The van der Waals surface area contributed by atoms with E-state index in [-0.39, 0.29) is 18.0 Å². The molecule has 0 aliphatic carbocycles. The van der Waals surface area contributed by atoms with E-state index in [0.29, 0.717) is 17.3 Å². The molecule has 138 valence electrons. The number of halogens is 3. The summed E-state index contributed by atoms with van der Waals surface area (Å²) in [4.78, 5) is 11.7. The molecule has 0 saturated carbocycles. The maximum absolute atomic E-state index is 14.4. The number of nitrogens with one attached hydrogen (secondary N) is 1. The fraction of sp³-hybridized carbons (Fsp3) is 0.312. The SMILES string of the molecule is COc1cncnc1Nc1ccc(F)c(C2(C(F)F)COCC(N)=N2)c1. The van der Waals surface area contributed by atoms with E-state index in [9.17, 15) is 13.2 Å². The quantitative estimate of drug-likeness (QED) is 0.842. The van der Waals surface area contributed by atoms with Crippen LogP contribution in [0.15, 0.2) is 35.7 Å². The Morgan fingerprint density at radius 2 is 2.19 bits per heavy atom. The zero-order valence-corrected chi connectivity index (χ0v) is 13.7. The summed E-state index contributed by atoms with van der Waals surface area (Å²) in [5.41, 5.74) is 3.34. The fourth-order valence-electron chi connectivity index (χ4n) is 2.63. The van der Waals surface area contributed by atoms with Gasteiger partial charge in [-0.15, -0.1) is 0 Å². The second-order valence-electron chi connectivity index (χ2n) is 5.58. The first-order valence-electron chi connectivity index (χ1n) is 7.57. The molecule has 3 rings (SSSR count). The van der Waals surface area contributed by atoms with Crippen LogP contribution in [-0.2, 0) is 10.3 Å². The van der Waals surface area contributed by atoms with E-state index in [2.05, 4.69) is 20.3 Å². The van der Waals surface area contributed by atoms with Crippen LogP contribution < -0.4 is 15.8 Å². The van der Waals surface area contributed by atoms with Crippen LogP contribution in [0.3, 0.4) is 0 Å². The number of ether oxygens (including phenoxy) is 2. The third-order valence-corrected chi connectivity index (χ3v) is 3.87. The molecule has 26 heavy (non-hydrogen) atoms. The van der Waals surface area contributed by atoms with Crippen LogP contribution in [0.4, 0.5) is 24.7 Å². The van der Waals surface area contributed by atoms with Gasteiger partial charge in [-0.25, -0.2) is 23.1 Å². The Hall–Kier alpha value is -2.88. The minimum atomic E-state index is -3.01. The highest BCUT2D eigenvalue weighted by Gasteiger charge is 2.46. The average molecular weight is 367 g/mol. The smallest absolute Gasteiger partial charge is 0.269 e. The lowest BCUT2D eigenvalue weighted by atomic mass is 9.90. The summed E-state index contributed by atoms with van der Waals surface area (Å²) >= 11 is 0. The fourth-order valence-corrected chi connectivity index (χ4v) is 2.63. The van der Waals surface area contributed by atoms with Gasteiger partial charge in [-0.1, -0.05) is 0 Å². The minimum Gasteiger partial charge on any atom is -0.491 e. The first kappa shape index (κ1) is 17.9. The Bertz CT molecular complexity index is 833. The van der Waals surface area contributed by atoms with Crippen molar-refractivity contribution in [3.63, 3.8) is 0 Å². The predicted molar refractivity (Wildman–Crippen MR) is 88.4 cm³/mol. The molecule has 7 nitrogen and oxygen atoms in total. The van der Waals surface area contributed by atoms with Crippen LogP contribution in [0.2, 0.25) is 0 Å². The normalized spacial score (nSPS) is 20.0. The third kappa shape index (κ3) is 3.27. The summed E-state index contributed by atoms with van der Waals surface area (Å²) in [6.45, 7) is -0.561. The van der Waals surface area contributed by atoms with Gasteiger partial charge in [-0.2, -0.15) is 0 Å². The summed E-state index contributed by atoms with van der Waals surface area (Å²) in [6, 6.07) is 3.68. The van der Waals surface area contributed by atoms with Crippen molar-refractivity contribution in [1.82, 2.24) is 9.97 Å². The number of amidine groups is 1. The van der Waals surface area contributed by atoms with Gasteiger partial charge in [-0.3, -0.25) is 4.99 Å². The molecule has 1 aromatic carbocycles. The van der Waals surface area contributed by atoms with Crippen LogP contribution >= 0.6 is 0 Å². The number of methoxy groups -OCH3 is 1. The number of nitrogens with zero attached hydrogens (tertiary/aromatic N) is 3. The Labute approximate surface area is 147 Å². The largest absolute Gasteiger partial charge is 0.491 e. The lowest BCUT2D eigenvalue weighted by Gasteiger charge is -2.33. The van der Waals surface area contributed by atoms with E-state index in [0.717, 1.165) is 6.07 Å². The van der Waals surface area contributed by atoms with Crippen LogP contribution in [-0.4, -0.2) is 42.6 Å². The number of aromatic nitrogens is 2. The molecule has 0 amide bonds. The average Bonchev–Trinajstić information content (AvgIpc) is 2.63. The van der Waals surface area contributed by atoms with Crippen molar-refractivity contribution in [2.45, 2.75) is 12.0 Å². The molecule has 10 heteroatoms. The van der Waals surface area contributed by atoms with Crippen molar-refractivity contribution in [1.29, 1.82) is 0 Å². The monoisotopic (exact) mass is 367 g/mol. The van der Waals surface area contributed by atoms with Gasteiger partial charge in [0.15, 0.2) is 17.1 Å². The van der Waals surface area contributed by atoms with Crippen molar-refractivity contribution in [3.05, 3.63) is 42.1 Å². The number of benzene rings is 1. The summed E-state index contributed by atoms with van der Waals surface area (Å²) < 4.78 is 52.3. The molecule has 1 aliphatic rings. The number of alkyl halides is 2. The first-order chi connectivity index (χ1) is 12.5. The predicted octanol–water partition coefficient (Wildman–Crippen LogP) is 2.22. The number of nitrogens with two attached hydrogens (primary N) is 1. The van der Waals surface area contributed by atoms with E-state index in [4.69, 9.17) is 15.2 Å². The molecule has 0 spiro atoms. The van der Waals surface area contributed by atoms with Gasteiger partial charge < -0.3 is 20.5 Å². The zero-order valence-electron chi connectivity index (χ0n) is 13.7. The van der Waals surface area contributed by atoms with Gasteiger partial charge in [0.2, 0.25) is 0 Å². The number of hydrogen-bond acceptors (Lipinski definition) is 7. The van der Waals surface area contributed by atoms with E-state index in [1.807, 2.05) is 0 Å². The van der Waals surface area contributed by atoms with E-state index in [1.54, 1.807) is 0 Å². The van der Waals surface area contributed by atoms with Crippen molar-refractivity contribution in [3.8, 4) is 5.75 Å². The molecule has 3 N–H and O–H groups in total. The number of aliphatic imine (C=N–C) groups is 1. The topological polar surface area (TPSA) is 94.7 Å². The Morgan fingerprint density at radius 3 is 2.88 bits per heavy atom. The first-order valence-corrected chi connectivity index (χ1v) is 7.57. The summed E-state index contributed by atoms with van der Waals surface area (Å²) in [7, 11) is 1.43. The lowest BCUT2D eigenvalue weighted by Crippen LogP contribution is -2.45. The second-order valence-corrected chi connectivity index (χ2v) is 5.58. The maximum Gasteiger partial charge on any atom is 0.269 e. The molecule has 0 bridgehead atoms. The molecule has 0 fully saturated rings. The molecule has 0 radical (unpaired) electrons. The van der Waals surface area contributed by atoms with Gasteiger partial charge in [0.25, 0.3) is 6.43 Å². The van der Waals surface area contributed by atoms with Gasteiger partial charge in [0.1, 0.15) is 24.6 Å². The van der Waals surface area contributed by atoms with Gasteiger partial charge >= 0.3 is 0 Å². The van der Waals surface area contributed by atoms with E-state index >= 15 is 0 Å². The number of anilines is 2. The van der Waals surface area contributed by atoms with E-state index < -0.39 is 24.4 Å². The molecule has 2 aromatic rings. The zero-order chi connectivity index (χ0) is 18.7. The highest BCUT2D eigenvalue weighted by Crippen LogP contribution is 2.38. The molecule has 1 atom stereocenters. The van der Waals surface area contributed by atoms with Gasteiger partial charge in [0, 0.05) is 11.3 Å². The van der Waals surface area contributed by atoms with Crippen LogP contribution in [0.5, 0.6) is 5.75 Å². The summed E-state index contributed by atoms with van der Waals surface area (Å²) in [5.74, 6) is -0.321. The molecule has 1 aromatic heterocycles. The second kappa shape index (κ2) is 7.16. The minimum absolute atomic E-state index is 0.0772. The van der Waals surface area contributed by atoms with Crippen LogP contribution in [0, 0.1) is 5.82 Å². The number of hydrogen-bond donors (Lipinski definition) is 2.